The van der Waals surface area contributed by atoms with Crippen LogP contribution in [0.1, 0.15) is 22.8 Å². The maximum absolute atomic E-state index is 12.6. The van der Waals surface area contributed by atoms with Crippen molar-refractivity contribution >= 4 is 5.78 Å². The molecule has 0 amide bonds. The van der Waals surface area contributed by atoms with Crippen molar-refractivity contribution < 1.29 is 27.4 Å². The van der Waals surface area contributed by atoms with Gasteiger partial charge >= 0.3 is 6.18 Å². The number of ketones is 1. The van der Waals surface area contributed by atoms with Gasteiger partial charge in [0.2, 0.25) is 0 Å². The SMILES string of the molecule is COCCOc1cc(-c2ccc(C(F)(F)F)cc2)ccc1C(C)=O. The van der Waals surface area contributed by atoms with E-state index in [0.29, 0.717) is 29.0 Å². The van der Waals surface area contributed by atoms with Gasteiger partial charge in [-0.2, -0.15) is 13.2 Å². The van der Waals surface area contributed by atoms with E-state index in [1.165, 1.54) is 26.2 Å². The zero-order chi connectivity index (χ0) is 17.7. The Morgan fingerprint density at radius 3 is 2.17 bits per heavy atom. The van der Waals surface area contributed by atoms with Crippen LogP contribution >= 0.6 is 0 Å². The standard InChI is InChI=1S/C18H17F3O3/c1-12(22)16-8-5-14(11-17(16)24-10-9-23-2)13-3-6-15(7-4-13)18(19,20)21/h3-8,11H,9-10H2,1-2H3. The van der Waals surface area contributed by atoms with Crippen LogP contribution in [-0.2, 0) is 10.9 Å². The van der Waals surface area contributed by atoms with Gasteiger partial charge in [-0.1, -0.05) is 18.2 Å². The van der Waals surface area contributed by atoms with Crippen molar-refractivity contribution in [1.82, 2.24) is 0 Å². The highest BCUT2D eigenvalue weighted by Gasteiger charge is 2.30. The Hall–Kier alpha value is -2.34. The second kappa shape index (κ2) is 7.49. The summed E-state index contributed by atoms with van der Waals surface area (Å²) in [6.45, 7) is 2.06. The predicted molar refractivity (Wildman–Crippen MR) is 84.3 cm³/mol. The first-order chi connectivity index (χ1) is 11.3. The summed E-state index contributed by atoms with van der Waals surface area (Å²) in [5.74, 6) is 0.235. The van der Waals surface area contributed by atoms with Crippen molar-refractivity contribution in [2.75, 3.05) is 20.3 Å². The Morgan fingerprint density at radius 2 is 1.62 bits per heavy atom. The molecule has 2 aromatic rings. The van der Waals surface area contributed by atoms with Crippen molar-refractivity contribution in [1.29, 1.82) is 0 Å². The summed E-state index contributed by atoms with van der Waals surface area (Å²) in [4.78, 5) is 11.7. The van der Waals surface area contributed by atoms with E-state index in [2.05, 4.69) is 0 Å². The van der Waals surface area contributed by atoms with Crippen LogP contribution < -0.4 is 4.74 Å². The summed E-state index contributed by atoms with van der Waals surface area (Å²) in [5, 5.41) is 0. The van der Waals surface area contributed by atoms with E-state index in [4.69, 9.17) is 9.47 Å². The number of Topliss-reactive ketones (excluding diaryl/α,β-unsaturated/α-hetero) is 1. The van der Waals surface area contributed by atoms with E-state index < -0.39 is 11.7 Å². The van der Waals surface area contributed by atoms with Crippen LogP contribution in [0.4, 0.5) is 13.2 Å². The largest absolute Gasteiger partial charge is 0.490 e. The van der Waals surface area contributed by atoms with E-state index in [0.717, 1.165) is 12.1 Å². The maximum atomic E-state index is 12.6. The van der Waals surface area contributed by atoms with Gasteiger partial charge in [-0.05, 0) is 42.3 Å². The molecule has 0 spiro atoms. The van der Waals surface area contributed by atoms with Gasteiger partial charge in [0.15, 0.2) is 5.78 Å². The van der Waals surface area contributed by atoms with Crippen molar-refractivity contribution in [3.63, 3.8) is 0 Å². The zero-order valence-corrected chi connectivity index (χ0v) is 13.3. The molecule has 24 heavy (non-hydrogen) atoms. The molecule has 2 rings (SSSR count). The van der Waals surface area contributed by atoms with Crippen LogP contribution in [0.3, 0.4) is 0 Å². The van der Waals surface area contributed by atoms with Gasteiger partial charge in [-0.3, -0.25) is 4.79 Å². The molecule has 0 radical (unpaired) electrons. The highest BCUT2D eigenvalue weighted by atomic mass is 19.4. The highest BCUT2D eigenvalue weighted by Crippen LogP contribution is 2.32. The summed E-state index contributed by atoms with van der Waals surface area (Å²) in [5.41, 5.74) is 0.987. The lowest BCUT2D eigenvalue weighted by molar-refractivity contribution is -0.137. The second-order valence-corrected chi connectivity index (χ2v) is 5.18. The number of halogens is 3. The lowest BCUT2D eigenvalue weighted by Gasteiger charge is -2.12. The molecule has 128 valence electrons. The predicted octanol–water partition coefficient (Wildman–Crippen LogP) is 4.60. The second-order valence-electron chi connectivity index (χ2n) is 5.18. The van der Waals surface area contributed by atoms with E-state index in [9.17, 15) is 18.0 Å². The molecule has 0 bridgehead atoms. The van der Waals surface area contributed by atoms with Crippen LogP contribution in [0, 0.1) is 0 Å². The van der Waals surface area contributed by atoms with Crippen molar-refractivity contribution in [2.45, 2.75) is 13.1 Å². The quantitative estimate of drug-likeness (QED) is 0.570. The van der Waals surface area contributed by atoms with Crippen LogP contribution in [0.2, 0.25) is 0 Å². The molecule has 0 N–H and O–H groups in total. The minimum atomic E-state index is -4.37. The summed E-state index contributed by atoms with van der Waals surface area (Å²) < 4.78 is 48.4. The molecule has 0 atom stereocenters. The third kappa shape index (κ3) is 4.35. The fraction of sp³-hybridized carbons (Fsp3) is 0.278. The van der Waals surface area contributed by atoms with Gasteiger partial charge in [-0.15, -0.1) is 0 Å². The number of hydrogen-bond donors (Lipinski definition) is 0. The molecule has 0 fully saturated rings. The Labute approximate surface area is 138 Å². The Kier molecular flexibility index (Phi) is 5.62. The van der Waals surface area contributed by atoms with Crippen LogP contribution in [0.25, 0.3) is 11.1 Å². The summed E-state index contributed by atoms with van der Waals surface area (Å²) >= 11 is 0. The first kappa shape index (κ1) is 18.0. The molecular formula is C18H17F3O3. The monoisotopic (exact) mass is 338 g/mol. The minimum Gasteiger partial charge on any atom is -0.490 e. The van der Waals surface area contributed by atoms with Gasteiger partial charge in [-0.25, -0.2) is 0 Å². The summed E-state index contributed by atoms with van der Waals surface area (Å²) in [6.07, 6.45) is -4.37. The van der Waals surface area contributed by atoms with Gasteiger partial charge < -0.3 is 9.47 Å². The first-order valence-corrected chi connectivity index (χ1v) is 7.27. The molecule has 0 saturated carbocycles. The molecule has 3 nitrogen and oxygen atoms in total. The minimum absolute atomic E-state index is 0.151. The molecule has 0 aromatic heterocycles. The van der Waals surface area contributed by atoms with Crippen LogP contribution in [0.5, 0.6) is 5.75 Å². The van der Waals surface area contributed by atoms with Gasteiger partial charge in [0.05, 0.1) is 17.7 Å². The maximum Gasteiger partial charge on any atom is 0.416 e. The first-order valence-electron chi connectivity index (χ1n) is 7.27. The lowest BCUT2D eigenvalue weighted by Crippen LogP contribution is -2.07. The number of benzene rings is 2. The Balaban J connectivity index is 2.33. The van der Waals surface area contributed by atoms with Crippen molar-refractivity contribution in [3.8, 4) is 16.9 Å². The molecular weight excluding hydrogens is 321 g/mol. The number of alkyl halides is 3. The molecule has 0 unspecified atom stereocenters. The molecule has 0 saturated heterocycles. The molecule has 0 aliphatic carbocycles. The van der Waals surface area contributed by atoms with Crippen LogP contribution in [-0.4, -0.2) is 26.1 Å². The zero-order valence-electron chi connectivity index (χ0n) is 13.3. The van der Waals surface area contributed by atoms with Crippen LogP contribution in [0.15, 0.2) is 42.5 Å². The fourth-order valence-corrected chi connectivity index (χ4v) is 2.20. The Bertz CT molecular complexity index is 706. The summed E-state index contributed by atoms with van der Waals surface area (Å²) in [7, 11) is 1.54. The average Bonchev–Trinajstić information content (AvgIpc) is 2.54. The molecule has 6 heteroatoms. The van der Waals surface area contributed by atoms with E-state index in [1.807, 2.05) is 0 Å². The van der Waals surface area contributed by atoms with Gasteiger partial charge in [0, 0.05) is 7.11 Å². The molecule has 0 aliphatic heterocycles. The number of ether oxygens (including phenoxy) is 2. The average molecular weight is 338 g/mol. The number of carbonyl (C=O) groups is 1. The molecule has 0 heterocycles. The van der Waals surface area contributed by atoms with E-state index in [-0.39, 0.29) is 12.4 Å². The third-order valence-corrected chi connectivity index (χ3v) is 3.45. The molecule has 0 aliphatic rings. The van der Waals surface area contributed by atoms with E-state index >= 15 is 0 Å². The van der Waals surface area contributed by atoms with Gasteiger partial charge in [0.1, 0.15) is 12.4 Å². The summed E-state index contributed by atoms with van der Waals surface area (Å²) in [6, 6.07) is 9.78. The fourth-order valence-electron chi connectivity index (χ4n) is 2.20. The number of methoxy groups -OCH3 is 1. The Morgan fingerprint density at radius 1 is 1.00 bits per heavy atom. The highest BCUT2D eigenvalue weighted by molar-refractivity contribution is 5.97. The normalized spacial score (nSPS) is 11.4. The van der Waals surface area contributed by atoms with Crippen molar-refractivity contribution in [3.05, 3.63) is 53.6 Å². The van der Waals surface area contributed by atoms with Gasteiger partial charge in [0.25, 0.3) is 0 Å². The number of carbonyl (C=O) groups excluding carboxylic acids is 1. The number of rotatable bonds is 6. The topological polar surface area (TPSA) is 35.5 Å². The lowest BCUT2D eigenvalue weighted by atomic mass is 10.0. The number of hydrogen-bond acceptors (Lipinski definition) is 3. The smallest absolute Gasteiger partial charge is 0.416 e. The van der Waals surface area contributed by atoms with E-state index in [1.54, 1.807) is 18.2 Å². The molecule has 2 aromatic carbocycles. The third-order valence-electron chi connectivity index (χ3n) is 3.45. The van der Waals surface area contributed by atoms with Crippen molar-refractivity contribution in [2.24, 2.45) is 0 Å².